The Hall–Kier alpha value is -2.60. The minimum Gasteiger partial charge on any atom is -0.497 e. The maximum absolute atomic E-state index is 13.2. The summed E-state index contributed by atoms with van der Waals surface area (Å²) in [5.41, 5.74) is 1.94. The molecule has 0 spiro atoms. The van der Waals surface area contributed by atoms with Gasteiger partial charge in [0.1, 0.15) is 11.6 Å². The van der Waals surface area contributed by atoms with Crippen LogP contribution in [-0.2, 0) is 13.1 Å². The third-order valence-corrected chi connectivity index (χ3v) is 5.17. The summed E-state index contributed by atoms with van der Waals surface area (Å²) in [6, 6.07) is 14.1. The highest BCUT2D eigenvalue weighted by atomic mass is 19.1. The van der Waals surface area contributed by atoms with E-state index in [0.717, 1.165) is 42.8 Å². The lowest BCUT2D eigenvalue weighted by atomic mass is 10.0. The Labute approximate surface area is 166 Å². The first kappa shape index (κ1) is 20.1. The van der Waals surface area contributed by atoms with Crippen LogP contribution in [-0.4, -0.2) is 49.1 Å². The molecular formula is C22H28FN3O2. The number of ether oxygens (including phenoxy) is 1. The van der Waals surface area contributed by atoms with E-state index >= 15 is 0 Å². The van der Waals surface area contributed by atoms with Crippen LogP contribution in [0.15, 0.2) is 48.5 Å². The molecule has 1 aliphatic rings. The van der Waals surface area contributed by atoms with Gasteiger partial charge in [-0.25, -0.2) is 9.18 Å². The number of nitrogens with one attached hydrogen (secondary N) is 1. The zero-order chi connectivity index (χ0) is 19.9. The third-order valence-electron chi connectivity index (χ3n) is 5.17. The van der Waals surface area contributed by atoms with E-state index in [4.69, 9.17) is 4.74 Å². The van der Waals surface area contributed by atoms with Crippen LogP contribution < -0.4 is 10.1 Å². The molecule has 0 radical (unpaired) electrons. The second kappa shape index (κ2) is 9.55. The minimum absolute atomic E-state index is 0.0968. The number of urea groups is 1. The molecule has 0 aromatic heterocycles. The number of hydrogen-bond donors (Lipinski definition) is 1. The zero-order valence-corrected chi connectivity index (χ0v) is 16.5. The van der Waals surface area contributed by atoms with E-state index in [9.17, 15) is 9.18 Å². The second-order valence-corrected chi connectivity index (χ2v) is 7.32. The Kier molecular flexibility index (Phi) is 6.87. The molecule has 0 bridgehead atoms. The van der Waals surface area contributed by atoms with Crippen molar-refractivity contribution in [3.8, 4) is 5.75 Å². The van der Waals surface area contributed by atoms with Gasteiger partial charge in [0.05, 0.1) is 7.11 Å². The van der Waals surface area contributed by atoms with Crippen LogP contribution in [0.2, 0.25) is 0 Å². The molecule has 5 nitrogen and oxygen atoms in total. The smallest absolute Gasteiger partial charge is 0.318 e. The molecule has 1 heterocycles. The first-order valence-corrected chi connectivity index (χ1v) is 9.65. The molecule has 0 saturated carbocycles. The number of carbonyl (C=O) groups is 1. The van der Waals surface area contributed by atoms with Crippen LogP contribution in [0.25, 0.3) is 0 Å². The van der Waals surface area contributed by atoms with E-state index in [1.807, 2.05) is 29.2 Å². The summed E-state index contributed by atoms with van der Waals surface area (Å²) < 4.78 is 18.4. The standard InChI is InChI=1S/C22H28FN3O2/c1-25-13-3-4-20(16-25)26(15-18-5-9-19(23)10-6-18)22(27)24-14-17-7-11-21(28-2)12-8-17/h5-12,20H,3-4,13-16H2,1-2H3,(H,24,27)/t20-/m0/s1. The topological polar surface area (TPSA) is 44.8 Å². The molecule has 6 heteroatoms. The van der Waals surface area contributed by atoms with Crippen molar-refractivity contribution in [2.45, 2.75) is 32.0 Å². The van der Waals surface area contributed by atoms with Gasteiger partial charge in [0, 0.05) is 25.7 Å². The number of methoxy groups -OCH3 is 1. The number of halogens is 1. The third kappa shape index (κ3) is 5.45. The molecule has 1 atom stereocenters. The van der Waals surface area contributed by atoms with Gasteiger partial charge in [0.15, 0.2) is 0 Å². The zero-order valence-electron chi connectivity index (χ0n) is 16.5. The highest BCUT2D eigenvalue weighted by Crippen LogP contribution is 2.19. The first-order valence-electron chi connectivity index (χ1n) is 9.65. The van der Waals surface area contributed by atoms with Crippen molar-refractivity contribution in [2.24, 2.45) is 0 Å². The van der Waals surface area contributed by atoms with Crippen LogP contribution in [0.1, 0.15) is 24.0 Å². The fourth-order valence-corrected chi connectivity index (χ4v) is 3.57. The number of piperidine rings is 1. The van der Waals surface area contributed by atoms with Gasteiger partial charge in [-0.05, 0) is 61.8 Å². The fourth-order valence-electron chi connectivity index (χ4n) is 3.57. The number of benzene rings is 2. The highest BCUT2D eigenvalue weighted by molar-refractivity contribution is 5.74. The average molecular weight is 385 g/mol. The van der Waals surface area contributed by atoms with E-state index in [0.29, 0.717) is 13.1 Å². The van der Waals surface area contributed by atoms with Crippen LogP contribution >= 0.6 is 0 Å². The minimum atomic E-state index is -0.267. The van der Waals surface area contributed by atoms with Gasteiger partial charge in [-0.1, -0.05) is 24.3 Å². The Morgan fingerprint density at radius 3 is 2.50 bits per heavy atom. The number of carbonyl (C=O) groups excluding carboxylic acids is 1. The van der Waals surface area contributed by atoms with Crippen molar-refractivity contribution >= 4 is 6.03 Å². The SMILES string of the molecule is COc1ccc(CNC(=O)N(Cc2ccc(F)cc2)[C@H]2CCCN(C)C2)cc1. The molecule has 1 saturated heterocycles. The molecular weight excluding hydrogens is 357 g/mol. The van der Waals surface area contributed by atoms with Gasteiger partial charge in [-0.2, -0.15) is 0 Å². The normalized spacial score (nSPS) is 17.2. The summed E-state index contributed by atoms with van der Waals surface area (Å²) in [4.78, 5) is 17.1. The number of likely N-dealkylation sites (N-methyl/N-ethyl adjacent to an activating group) is 1. The molecule has 1 fully saturated rings. The van der Waals surface area contributed by atoms with Gasteiger partial charge < -0.3 is 19.9 Å². The summed E-state index contributed by atoms with van der Waals surface area (Å²) in [5.74, 6) is 0.523. The van der Waals surface area contributed by atoms with Crippen LogP contribution in [0.4, 0.5) is 9.18 Å². The van der Waals surface area contributed by atoms with Crippen LogP contribution in [0.3, 0.4) is 0 Å². The van der Waals surface area contributed by atoms with Gasteiger partial charge >= 0.3 is 6.03 Å². The van der Waals surface area contributed by atoms with Crippen LogP contribution in [0, 0.1) is 5.82 Å². The van der Waals surface area contributed by atoms with Crippen molar-refractivity contribution < 1.29 is 13.9 Å². The number of nitrogens with zero attached hydrogens (tertiary/aromatic N) is 2. The molecule has 2 amide bonds. The molecule has 2 aromatic carbocycles. The molecule has 28 heavy (non-hydrogen) atoms. The molecule has 1 N–H and O–H groups in total. The molecule has 0 unspecified atom stereocenters. The van der Waals surface area contributed by atoms with Crippen molar-refractivity contribution in [3.05, 3.63) is 65.5 Å². The lowest BCUT2D eigenvalue weighted by Crippen LogP contribution is -2.51. The quantitative estimate of drug-likeness (QED) is 0.826. The van der Waals surface area contributed by atoms with Crippen molar-refractivity contribution in [2.75, 3.05) is 27.2 Å². The maximum Gasteiger partial charge on any atom is 0.318 e. The Morgan fingerprint density at radius 2 is 1.86 bits per heavy atom. The molecule has 150 valence electrons. The van der Waals surface area contributed by atoms with Gasteiger partial charge in [-0.3, -0.25) is 0 Å². The van der Waals surface area contributed by atoms with E-state index in [1.54, 1.807) is 19.2 Å². The number of rotatable bonds is 6. The molecule has 2 aromatic rings. The number of hydrogen-bond acceptors (Lipinski definition) is 3. The fraction of sp³-hybridized carbons (Fsp3) is 0.409. The van der Waals surface area contributed by atoms with Crippen molar-refractivity contribution in [1.29, 1.82) is 0 Å². The molecule has 1 aliphatic heterocycles. The lowest BCUT2D eigenvalue weighted by Gasteiger charge is -2.38. The summed E-state index contributed by atoms with van der Waals surface area (Å²) in [5, 5.41) is 3.03. The van der Waals surface area contributed by atoms with Gasteiger partial charge in [-0.15, -0.1) is 0 Å². The lowest BCUT2D eigenvalue weighted by molar-refractivity contribution is 0.120. The summed E-state index contributed by atoms with van der Waals surface area (Å²) >= 11 is 0. The first-order chi connectivity index (χ1) is 13.5. The highest BCUT2D eigenvalue weighted by Gasteiger charge is 2.27. The monoisotopic (exact) mass is 385 g/mol. The van der Waals surface area contributed by atoms with E-state index in [-0.39, 0.29) is 17.9 Å². The number of likely N-dealkylation sites (tertiary alicyclic amines) is 1. The summed E-state index contributed by atoms with van der Waals surface area (Å²) in [7, 11) is 3.71. The molecule has 3 rings (SSSR count). The van der Waals surface area contributed by atoms with E-state index in [2.05, 4.69) is 17.3 Å². The van der Waals surface area contributed by atoms with Gasteiger partial charge in [0.2, 0.25) is 0 Å². The van der Waals surface area contributed by atoms with Crippen molar-refractivity contribution in [3.63, 3.8) is 0 Å². The predicted octanol–water partition coefficient (Wildman–Crippen LogP) is 3.64. The molecule has 0 aliphatic carbocycles. The second-order valence-electron chi connectivity index (χ2n) is 7.32. The predicted molar refractivity (Wildman–Crippen MR) is 108 cm³/mol. The van der Waals surface area contributed by atoms with Crippen molar-refractivity contribution in [1.82, 2.24) is 15.1 Å². The maximum atomic E-state index is 13.2. The Morgan fingerprint density at radius 1 is 1.18 bits per heavy atom. The average Bonchev–Trinajstić information content (AvgIpc) is 2.72. The Balaban J connectivity index is 1.68. The van der Waals surface area contributed by atoms with E-state index in [1.165, 1.54) is 12.1 Å². The summed E-state index contributed by atoms with van der Waals surface area (Å²) in [6.07, 6.45) is 2.04. The Bertz CT molecular complexity index is 764. The van der Waals surface area contributed by atoms with Crippen LogP contribution in [0.5, 0.6) is 5.75 Å². The summed E-state index contributed by atoms with van der Waals surface area (Å²) in [6.45, 7) is 2.81. The van der Waals surface area contributed by atoms with E-state index < -0.39 is 0 Å². The van der Waals surface area contributed by atoms with Gasteiger partial charge in [0.25, 0.3) is 0 Å². The largest absolute Gasteiger partial charge is 0.497 e. The number of amides is 2.